The third kappa shape index (κ3) is 1.83. The number of methoxy groups -OCH3 is 1. The van der Waals surface area contributed by atoms with Gasteiger partial charge in [0.1, 0.15) is 16.9 Å². The summed E-state index contributed by atoms with van der Waals surface area (Å²) in [4.78, 5) is 12.4. The Kier molecular flexibility index (Phi) is 3.03. The van der Waals surface area contributed by atoms with E-state index >= 15 is 0 Å². The van der Waals surface area contributed by atoms with Gasteiger partial charge in [-0.25, -0.2) is 0 Å². The highest BCUT2D eigenvalue weighted by molar-refractivity contribution is 9.08. The molecule has 3 aromatic rings. The number of hydrogen-bond donors (Lipinski definition) is 0. The van der Waals surface area contributed by atoms with Crippen molar-refractivity contribution in [2.24, 2.45) is 0 Å². The molecule has 1 aromatic heterocycles. The Labute approximate surface area is 117 Å². The van der Waals surface area contributed by atoms with Gasteiger partial charge in [-0.1, -0.05) is 28.1 Å². The SMILES string of the molecule is COc1ccc2c(=O)c3ccccc3oc2c1CBr. The highest BCUT2D eigenvalue weighted by Gasteiger charge is 2.14. The summed E-state index contributed by atoms with van der Waals surface area (Å²) in [6.07, 6.45) is 0. The average molecular weight is 319 g/mol. The van der Waals surface area contributed by atoms with E-state index in [2.05, 4.69) is 15.9 Å². The third-order valence-corrected chi connectivity index (χ3v) is 3.72. The van der Waals surface area contributed by atoms with Gasteiger partial charge in [-0.05, 0) is 24.3 Å². The minimum atomic E-state index is -0.0123. The summed E-state index contributed by atoms with van der Waals surface area (Å²) in [7, 11) is 1.60. The molecule has 0 saturated carbocycles. The number of fused-ring (bicyclic) bond motifs is 2. The van der Waals surface area contributed by atoms with E-state index in [9.17, 15) is 4.79 Å². The van der Waals surface area contributed by atoms with Crippen LogP contribution in [-0.4, -0.2) is 7.11 Å². The summed E-state index contributed by atoms with van der Waals surface area (Å²) in [6.45, 7) is 0. The van der Waals surface area contributed by atoms with Crippen molar-refractivity contribution in [1.82, 2.24) is 0 Å². The van der Waals surface area contributed by atoms with E-state index in [1.165, 1.54) is 0 Å². The number of halogens is 1. The normalized spacial score (nSPS) is 11.1. The molecule has 3 rings (SSSR count). The van der Waals surface area contributed by atoms with Gasteiger partial charge in [-0.15, -0.1) is 0 Å². The lowest BCUT2D eigenvalue weighted by molar-refractivity contribution is 0.411. The summed E-state index contributed by atoms with van der Waals surface area (Å²) >= 11 is 3.42. The minimum absolute atomic E-state index is 0.0123. The molecule has 0 spiro atoms. The Morgan fingerprint density at radius 2 is 1.95 bits per heavy atom. The first kappa shape index (κ1) is 12.2. The Balaban J connectivity index is 2.54. The maximum atomic E-state index is 12.4. The second-order valence-electron chi connectivity index (χ2n) is 4.18. The summed E-state index contributed by atoms with van der Waals surface area (Å²) in [5.74, 6) is 0.711. The first-order valence-electron chi connectivity index (χ1n) is 5.83. The molecule has 0 bridgehead atoms. The second kappa shape index (κ2) is 4.70. The van der Waals surface area contributed by atoms with Crippen LogP contribution in [0.3, 0.4) is 0 Å². The molecule has 1 heterocycles. The van der Waals surface area contributed by atoms with Crippen LogP contribution in [0, 0.1) is 0 Å². The topological polar surface area (TPSA) is 39.4 Å². The monoisotopic (exact) mass is 318 g/mol. The number of benzene rings is 2. The van der Waals surface area contributed by atoms with Crippen LogP contribution in [0.4, 0.5) is 0 Å². The van der Waals surface area contributed by atoms with E-state index in [0.29, 0.717) is 33.0 Å². The molecular formula is C15H11BrO3. The van der Waals surface area contributed by atoms with Crippen LogP contribution in [0.15, 0.2) is 45.6 Å². The van der Waals surface area contributed by atoms with Gasteiger partial charge in [0.25, 0.3) is 0 Å². The summed E-state index contributed by atoms with van der Waals surface area (Å²) in [5.41, 5.74) is 2.01. The van der Waals surface area contributed by atoms with Gasteiger partial charge in [0.05, 0.1) is 17.9 Å². The summed E-state index contributed by atoms with van der Waals surface area (Å²) in [5, 5.41) is 1.74. The maximum Gasteiger partial charge on any atom is 0.200 e. The molecule has 0 amide bonds. The quantitative estimate of drug-likeness (QED) is 0.532. The first-order valence-corrected chi connectivity index (χ1v) is 6.96. The molecule has 3 nitrogen and oxygen atoms in total. The lowest BCUT2D eigenvalue weighted by Crippen LogP contribution is -2.03. The number of para-hydroxylation sites is 1. The van der Waals surface area contributed by atoms with Crippen molar-refractivity contribution in [3.8, 4) is 5.75 Å². The molecule has 4 heteroatoms. The average Bonchev–Trinajstić information content (AvgIpc) is 2.46. The lowest BCUT2D eigenvalue weighted by atomic mass is 10.1. The third-order valence-electron chi connectivity index (χ3n) is 3.16. The van der Waals surface area contributed by atoms with Crippen molar-refractivity contribution in [1.29, 1.82) is 0 Å². The fraction of sp³-hybridized carbons (Fsp3) is 0.133. The van der Waals surface area contributed by atoms with Gasteiger partial charge in [0.15, 0.2) is 0 Å². The molecule has 0 atom stereocenters. The Morgan fingerprint density at radius 3 is 2.68 bits per heavy atom. The molecule has 0 aliphatic carbocycles. The predicted molar refractivity (Wildman–Crippen MR) is 79.2 cm³/mol. The molecular weight excluding hydrogens is 308 g/mol. The van der Waals surface area contributed by atoms with Gasteiger partial charge in [-0.3, -0.25) is 4.79 Å². The second-order valence-corrected chi connectivity index (χ2v) is 4.74. The Bertz CT molecular complexity index is 821. The van der Waals surface area contributed by atoms with Gasteiger partial charge in [0.2, 0.25) is 5.43 Å². The van der Waals surface area contributed by atoms with Gasteiger partial charge < -0.3 is 9.15 Å². The summed E-state index contributed by atoms with van der Waals surface area (Å²) < 4.78 is 11.2. The largest absolute Gasteiger partial charge is 0.496 e. The fourth-order valence-corrected chi connectivity index (χ4v) is 2.75. The number of hydrogen-bond acceptors (Lipinski definition) is 3. The van der Waals surface area contributed by atoms with Gasteiger partial charge >= 0.3 is 0 Å². The first-order chi connectivity index (χ1) is 9.26. The van der Waals surface area contributed by atoms with Crippen molar-refractivity contribution >= 4 is 37.9 Å². The van der Waals surface area contributed by atoms with Crippen LogP contribution in [0.1, 0.15) is 5.56 Å². The molecule has 0 N–H and O–H groups in total. The van der Waals surface area contributed by atoms with Gasteiger partial charge in [0, 0.05) is 10.9 Å². The minimum Gasteiger partial charge on any atom is -0.496 e. The van der Waals surface area contributed by atoms with Crippen LogP contribution in [0.2, 0.25) is 0 Å². The predicted octanol–water partition coefficient (Wildman–Crippen LogP) is 3.85. The Hall–Kier alpha value is -1.81. The molecule has 0 aliphatic heterocycles. The molecule has 96 valence electrons. The van der Waals surface area contributed by atoms with Crippen molar-refractivity contribution < 1.29 is 9.15 Å². The van der Waals surface area contributed by atoms with E-state index in [1.807, 2.05) is 12.1 Å². The highest BCUT2D eigenvalue weighted by Crippen LogP contribution is 2.30. The van der Waals surface area contributed by atoms with E-state index < -0.39 is 0 Å². The van der Waals surface area contributed by atoms with Crippen LogP contribution >= 0.6 is 15.9 Å². The summed E-state index contributed by atoms with van der Waals surface area (Å²) in [6, 6.07) is 10.8. The standard InChI is InChI=1S/C15H11BrO3/c1-18-12-7-6-10-14(17)9-4-2-3-5-13(9)19-15(10)11(12)8-16/h2-7H,8H2,1H3. The zero-order valence-electron chi connectivity index (χ0n) is 10.3. The number of alkyl halides is 1. The Morgan fingerprint density at radius 1 is 1.16 bits per heavy atom. The van der Waals surface area contributed by atoms with Crippen LogP contribution < -0.4 is 10.2 Å². The number of rotatable bonds is 2. The zero-order valence-corrected chi connectivity index (χ0v) is 11.9. The van der Waals surface area contributed by atoms with Crippen molar-refractivity contribution in [3.63, 3.8) is 0 Å². The highest BCUT2D eigenvalue weighted by atomic mass is 79.9. The molecule has 0 radical (unpaired) electrons. The van der Waals surface area contributed by atoms with Gasteiger partial charge in [-0.2, -0.15) is 0 Å². The van der Waals surface area contributed by atoms with Crippen LogP contribution in [-0.2, 0) is 5.33 Å². The molecule has 0 saturated heterocycles. The van der Waals surface area contributed by atoms with E-state index in [4.69, 9.17) is 9.15 Å². The van der Waals surface area contributed by atoms with E-state index in [-0.39, 0.29) is 5.43 Å². The van der Waals surface area contributed by atoms with Crippen molar-refractivity contribution in [2.75, 3.05) is 7.11 Å². The number of ether oxygens (including phenoxy) is 1. The molecule has 0 unspecified atom stereocenters. The smallest absolute Gasteiger partial charge is 0.200 e. The van der Waals surface area contributed by atoms with Crippen molar-refractivity contribution in [3.05, 3.63) is 52.2 Å². The molecule has 2 aromatic carbocycles. The molecule has 0 fully saturated rings. The van der Waals surface area contributed by atoms with E-state index in [1.54, 1.807) is 31.4 Å². The lowest BCUT2D eigenvalue weighted by Gasteiger charge is -2.09. The molecule has 19 heavy (non-hydrogen) atoms. The molecule has 0 aliphatic rings. The van der Waals surface area contributed by atoms with E-state index in [0.717, 1.165) is 5.56 Å². The van der Waals surface area contributed by atoms with Crippen LogP contribution in [0.25, 0.3) is 21.9 Å². The maximum absolute atomic E-state index is 12.4. The zero-order chi connectivity index (χ0) is 13.4. The van der Waals surface area contributed by atoms with Crippen LogP contribution in [0.5, 0.6) is 5.75 Å². The fourth-order valence-electron chi connectivity index (χ4n) is 2.22. The van der Waals surface area contributed by atoms with Crippen molar-refractivity contribution in [2.45, 2.75) is 5.33 Å².